The predicted molar refractivity (Wildman–Crippen MR) is 158 cm³/mol. The van der Waals surface area contributed by atoms with Crippen molar-refractivity contribution in [3.05, 3.63) is 49.3 Å². The van der Waals surface area contributed by atoms with E-state index in [1.165, 1.54) is 33.5 Å². The molecule has 0 fully saturated rings. The van der Waals surface area contributed by atoms with Crippen molar-refractivity contribution in [2.24, 2.45) is 0 Å². The summed E-state index contributed by atoms with van der Waals surface area (Å²) < 4.78 is 22.5. The van der Waals surface area contributed by atoms with E-state index in [9.17, 15) is 19.8 Å². The minimum Gasteiger partial charge on any atom is -0.505 e. The first kappa shape index (κ1) is 26.7. The number of benzene rings is 5. The average molecular weight is 560 g/mol. The number of aliphatic hydroxyl groups excluding tert-OH is 1. The van der Waals surface area contributed by atoms with Gasteiger partial charge in [-0.05, 0) is 18.7 Å². The average Bonchev–Trinajstić information content (AvgIpc) is 3.10. The molecule has 1 aliphatic carbocycles. The predicted octanol–water partition coefficient (Wildman–Crippen LogP) is 3.71. The Morgan fingerprint density at radius 2 is 1.39 bits per heavy atom. The van der Waals surface area contributed by atoms with Gasteiger partial charge in [-0.15, -0.1) is 0 Å². The zero-order chi connectivity index (χ0) is 29.2. The van der Waals surface area contributed by atoms with Crippen molar-refractivity contribution >= 4 is 54.9 Å². The summed E-state index contributed by atoms with van der Waals surface area (Å²) in [5.41, 5.74) is 1.57. The highest BCUT2D eigenvalue weighted by atomic mass is 16.5. The molecule has 6 rings (SSSR count). The third-order valence-electron chi connectivity index (χ3n) is 7.82. The van der Waals surface area contributed by atoms with Crippen molar-refractivity contribution in [1.82, 2.24) is 0 Å². The van der Waals surface area contributed by atoms with Crippen molar-refractivity contribution in [2.75, 3.05) is 53.0 Å². The number of methoxy groups -OCH3 is 3. The SMILES string of the molecule is COc1c(O)c2c(=O)cc(OC)c3c4c(OC)cc(=O)c5c(O)c(NCCOCCO)c6c(c(c1CC(C)=C6)c23)c54. The lowest BCUT2D eigenvalue weighted by molar-refractivity contribution is 0.0992. The van der Waals surface area contributed by atoms with Crippen LogP contribution >= 0.6 is 0 Å². The molecule has 5 aromatic rings. The zero-order valence-corrected chi connectivity index (χ0v) is 23.1. The van der Waals surface area contributed by atoms with E-state index in [-0.39, 0.29) is 65.9 Å². The molecule has 4 N–H and O–H groups in total. The lowest BCUT2D eigenvalue weighted by atomic mass is 9.83. The van der Waals surface area contributed by atoms with Gasteiger partial charge in [-0.3, -0.25) is 9.59 Å². The molecule has 0 unspecified atom stereocenters. The highest BCUT2D eigenvalue weighted by Crippen LogP contribution is 2.56. The van der Waals surface area contributed by atoms with Gasteiger partial charge in [0.2, 0.25) is 0 Å². The number of hydrogen-bond donors (Lipinski definition) is 4. The lowest BCUT2D eigenvalue weighted by Crippen LogP contribution is -2.14. The smallest absolute Gasteiger partial charge is 0.194 e. The first-order valence-electron chi connectivity index (χ1n) is 13.1. The monoisotopic (exact) mass is 559 g/mol. The number of phenols is 2. The minimum atomic E-state index is -0.452. The fourth-order valence-electron chi connectivity index (χ4n) is 6.33. The van der Waals surface area contributed by atoms with Gasteiger partial charge in [0, 0.05) is 56.7 Å². The molecule has 5 aromatic carbocycles. The van der Waals surface area contributed by atoms with E-state index in [4.69, 9.17) is 24.1 Å². The van der Waals surface area contributed by atoms with E-state index in [0.717, 1.165) is 5.57 Å². The quantitative estimate of drug-likeness (QED) is 0.0913. The summed E-state index contributed by atoms with van der Waals surface area (Å²) in [5, 5.41) is 38.6. The second-order valence-corrected chi connectivity index (χ2v) is 10.1. The van der Waals surface area contributed by atoms with Gasteiger partial charge in [0.1, 0.15) is 11.5 Å². The van der Waals surface area contributed by atoms with Crippen molar-refractivity contribution in [2.45, 2.75) is 13.3 Å². The molecule has 10 nitrogen and oxygen atoms in total. The van der Waals surface area contributed by atoms with Gasteiger partial charge in [-0.2, -0.15) is 0 Å². The van der Waals surface area contributed by atoms with E-state index >= 15 is 0 Å². The number of anilines is 1. The summed E-state index contributed by atoms with van der Waals surface area (Å²) in [6, 6.07) is 2.61. The van der Waals surface area contributed by atoms with Crippen LogP contribution in [0.3, 0.4) is 0 Å². The number of rotatable bonds is 9. The standard InChI is InChI=1S/C31H29NO9/c1-13-9-14-20-21-15(10-13)31(40-4)30(37)23-17(35)12-19(39-3)25(27(21)23)24-18(38-2)11-16(34)22(26(20)24)29(36)28(14)32-5-7-41-8-6-33/h9,11-12,32-33,36-37H,5-8,10H2,1-4H3. The molecule has 0 atom stereocenters. The number of aliphatic hydroxyl groups is 1. The van der Waals surface area contributed by atoms with Gasteiger partial charge in [0.05, 0.1) is 57.6 Å². The molecule has 0 heterocycles. The van der Waals surface area contributed by atoms with Crippen LogP contribution < -0.4 is 30.4 Å². The van der Waals surface area contributed by atoms with Crippen LogP contribution in [0.5, 0.6) is 28.7 Å². The summed E-state index contributed by atoms with van der Waals surface area (Å²) in [6.07, 6.45) is 2.29. The van der Waals surface area contributed by atoms with Crippen molar-refractivity contribution < 1.29 is 34.3 Å². The van der Waals surface area contributed by atoms with Crippen LogP contribution in [0.15, 0.2) is 27.3 Å². The Kier molecular flexibility index (Phi) is 6.39. The molecule has 41 heavy (non-hydrogen) atoms. The van der Waals surface area contributed by atoms with Gasteiger partial charge in [-0.25, -0.2) is 0 Å². The van der Waals surface area contributed by atoms with Crippen LogP contribution in [0.25, 0.3) is 49.2 Å². The van der Waals surface area contributed by atoms with Crippen LogP contribution in [0.4, 0.5) is 5.69 Å². The largest absolute Gasteiger partial charge is 0.505 e. The fourth-order valence-corrected chi connectivity index (χ4v) is 6.33. The highest BCUT2D eigenvalue weighted by Gasteiger charge is 2.32. The molecule has 0 amide bonds. The molecule has 212 valence electrons. The Balaban J connectivity index is 1.95. The Morgan fingerprint density at radius 3 is 1.98 bits per heavy atom. The third kappa shape index (κ3) is 3.64. The molecular weight excluding hydrogens is 530 g/mol. The Bertz CT molecular complexity index is 2020. The second kappa shape index (κ2) is 9.83. The van der Waals surface area contributed by atoms with Crippen LogP contribution in [-0.2, 0) is 11.2 Å². The first-order valence-corrected chi connectivity index (χ1v) is 13.1. The van der Waals surface area contributed by atoms with Crippen molar-refractivity contribution in [3.63, 3.8) is 0 Å². The summed E-state index contributed by atoms with van der Waals surface area (Å²) in [4.78, 5) is 27.1. The van der Waals surface area contributed by atoms with Gasteiger partial charge >= 0.3 is 0 Å². The number of phenolic OH excluding ortho intramolecular Hbond substituents is 2. The molecule has 0 radical (unpaired) electrons. The summed E-state index contributed by atoms with van der Waals surface area (Å²) >= 11 is 0. The van der Waals surface area contributed by atoms with Crippen LogP contribution in [0.2, 0.25) is 0 Å². The molecule has 0 saturated heterocycles. The number of hydrogen-bond acceptors (Lipinski definition) is 10. The summed E-state index contributed by atoms with van der Waals surface area (Å²) in [7, 11) is 4.33. The minimum absolute atomic E-state index is 0.0638. The number of aromatic hydroxyl groups is 2. The number of ether oxygens (including phenoxy) is 4. The van der Waals surface area contributed by atoms with E-state index in [1.54, 1.807) is 0 Å². The maximum Gasteiger partial charge on any atom is 0.194 e. The van der Waals surface area contributed by atoms with Crippen LogP contribution in [-0.4, -0.2) is 63.0 Å². The maximum atomic E-state index is 13.6. The molecule has 0 saturated carbocycles. The fraction of sp³-hybridized carbons (Fsp3) is 0.290. The summed E-state index contributed by atoms with van der Waals surface area (Å²) in [5.74, 6) is 0.156. The number of fused-ring (bicyclic) bond motifs is 1. The second-order valence-electron chi connectivity index (χ2n) is 10.1. The molecule has 0 aliphatic heterocycles. The Labute approximate surface area is 233 Å². The van der Waals surface area contributed by atoms with E-state index in [0.29, 0.717) is 55.6 Å². The molecule has 1 aliphatic rings. The number of nitrogens with one attached hydrogen (secondary N) is 1. The van der Waals surface area contributed by atoms with Gasteiger partial charge < -0.3 is 39.6 Å². The molecule has 0 bridgehead atoms. The maximum absolute atomic E-state index is 13.6. The highest BCUT2D eigenvalue weighted by molar-refractivity contribution is 6.39. The van der Waals surface area contributed by atoms with Crippen molar-refractivity contribution in [1.29, 1.82) is 0 Å². The molecular formula is C31H29NO9. The van der Waals surface area contributed by atoms with Crippen molar-refractivity contribution in [3.8, 4) is 28.7 Å². The van der Waals surface area contributed by atoms with Gasteiger partial charge in [-0.1, -0.05) is 11.6 Å². The van der Waals surface area contributed by atoms with E-state index in [1.807, 2.05) is 13.0 Å². The van der Waals surface area contributed by atoms with Crippen LogP contribution in [0.1, 0.15) is 18.1 Å². The zero-order valence-electron chi connectivity index (χ0n) is 23.1. The number of allylic oxidation sites excluding steroid dienone is 1. The Morgan fingerprint density at radius 1 is 0.780 bits per heavy atom. The Hall–Kier alpha value is -4.54. The molecule has 0 aromatic heterocycles. The van der Waals surface area contributed by atoms with Crippen LogP contribution in [0, 0.1) is 0 Å². The summed E-state index contributed by atoms with van der Waals surface area (Å²) in [6.45, 7) is 2.50. The van der Waals surface area contributed by atoms with Gasteiger partial charge in [0.25, 0.3) is 0 Å². The van der Waals surface area contributed by atoms with Gasteiger partial charge in [0.15, 0.2) is 28.1 Å². The molecule has 10 heteroatoms. The third-order valence-corrected chi connectivity index (χ3v) is 7.82. The normalized spacial score (nSPS) is 13.0. The topological polar surface area (TPSA) is 144 Å². The first-order chi connectivity index (χ1) is 19.8. The van der Waals surface area contributed by atoms with E-state index in [2.05, 4.69) is 5.32 Å². The molecule has 0 spiro atoms. The van der Waals surface area contributed by atoms with E-state index < -0.39 is 10.9 Å². The lowest BCUT2D eigenvalue weighted by Gasteiger charge is -2.24.